The number of hydrogen-bond donors (Lipinski definition) is 0. The third-order valence-corrected chi connectivity index (χ3v) is 6.31. The summed E-state index contributed by atoms with van der Waals surface area (Å²) < 4.78 is 30.2. The molecule has 0 aliphatic carbocycles. The molecule has 0 bridgehead atoms. The average Bonchev–Trinajstić information content (AvgIpc) is 2.59. The molecule has 0 N–H and O–H groups in total. The van der Waals surface area contributed by atoms with Crippen molar-refractivity contribution in [3.8, 4) is 5.75 Å². The number of ether oxygens (including phenoxy) is 1. The van der Waals surface area contributed by atoms with E-state index in [9.17, 15) is 13.2 Å². The van der Waals surface area contributed by atoms with E-state index in [0.717, 1.165) is 5.56 Å². The quantitative estimate of drug-likeness (QED) is 0.771. The summed E-state index contributed by atoms with van der Waals surface area (Å²) in [6, 6.07) is 15.8. The van der Waals surface area contributed by atoms with Crippen molar-refractivity contribution in [3.05, 3.63) is 66.2 Å². The second kappa shape index (κ2) is 7.11. The number of sulfone groups is 1. The molecule has 1 heterocycles. The molecular weight excluding hydrogens is 338 g/mol. The summed E-state index contributed by atoms with van der Waals surface area (Å²) in [4.78, 5) is 13.9. The van der Waals surface area contributed by atoms with Crippen LogP contribution in [0.1, 0.15) is 5.56 Å². The van der Waals surface area contributed by atoms with Crippen molar-refractivity contribution in [2.45, 2.75) is 10.1 Å². The van der Waals surface area contributed by atoms with Crippen LogP contribution in [0.5, 0.6) is 5.75 Å². The summed E-state index contributed by atoms with van der Waals surface area (Å²) in [7, 11) is -1.90. The average molecular weight is 357 g/mol. The fourth-order valence-corrected chi connectivity index (χ4v) is 4.26. The standard InChI is InChI=1S/C19H19NO4S/c1-24-16-8-10-17(11-9-16)25(22,23)18-13-20(14-18)19(21)12-7-15-5-3-2-4-6-15/h2-12,18H,13-14H2,1H3. The van der Waals surface area contributed by atoms with Gasteiger partial charge in [-0.3, -0.25) is 4.79 Å². The Hall–Kier alpha value is -2.60. The zero-order valence-electron chi connectivity index (χ0n) is 13.8. The summed E-state index contributed by atoms with van der Waals surface area (Å²) in [5, 5.41) is -0.560. The van der Waals surface area contributed by atoms with Gasteiger partial charge in [0.2, 0.25) is 5.91 Å². The highest BCUT2D eigenvalue weighted by Gasteiger charge is 2.39. The maximum atomic E-state index is 12.6. The molecule has 2 aromatic rings. The Morgan fingerprint density at radius 3 is 2.32 bits per heavy atom. The molecule has 25 heavy (non-hydrogen) atoms. The molecule has 0 spiro atoms. The third-order valence-electron chi connectivity index (χ3n) is 4.20. The van der Waals surface area contributed by atoms with E-state index in [1.807, 2.05) is 30.3 Å². The number of methoxy groups -OCH3 is 1. The van der Waals surface area contributed by atoms with Gasteiger partial charge in [0.1, 0.15) is 11.0 Å². The number of carbonyl (C=O) groups is 1. The fraction of sp³-hybridized carbons (Fsp3) is 0.211. The molecule has 0 atom stereocenters. The van der Waals surface area contributed by atoms with Gasteiger partial charge in [0.15, 0.2) is 9.84 Å². The summed E-state index contributed by atoms with van der Waals surface area (Å²) in [5.41, 5.74) is 0.929. The highest BCUT2D eigenvalue weighted by molar-refractivity contribution is 7.92. The van der Waals surface area contributed by atoms with Crippen LogP contribution >= 0.6 is 0 Å². The van der Waals surface area contributed by atoms with E-state index in [4.69, 9.17) is 4.74 Å². The molecule has 0 saturated carbocycles. The molecule has 1 saturated heterocycles. The molecule has 130 valence electrons. The first-order valence-electron chi connectivity index (χ1n) is 7.90. The number of carbonyl (C=O) groups excluding carboxylic acids is 1. The number of likely N-dealkylation sites (tertiary alicyclic amines) is 1. The Labute approximate surface area is 147 Å². The minimum absolute atomic E-state index is 0.176. The normalized spacial score (nSPS) is 15.2. The molecule has 1 fully saturated rings. The van der Waals surface area contributed by atoms with Crippen molar-refractivity contribution < 1.29 is 17.9 Å². The van der Waals surface area contributed by atoms with Crippen molar-refractivity contribution in [1.82, 2.24) is 4.90 Å². The number of amides is 1. The van der Waals surface area contributed by atoms with E-state index in [2.05, 4.69) is 0 Å². The Bertz CT molecular complexity index is 867. The molecule has 1 amide bonds. The van der Waals surface area contributed by atoms with Gasteiger partial charge in [-0.2, -0.15) is 0 Å². The van der Waals surface area contributed by atoms with Crippen molar-refractivity contribution in [1.29, 1.82) is 0 Å². The lowest BCUT2D eigenvalue weighted by Crippen LogP contribution is -2.56. The first-order valence-corrected chi connectivity index (χ1v) is 9.45. The molecule has 2 aromatic carbocycles. The predicted octanol–water partition coefficient (Wildman–Crippen LogP) is 2.39. The van der Waals surface area contributed by atoms with Crippen molar-refractivity contribution >= 4 is 21.8 Å². The maximum absolute atomic E-state index is 12.6. The number of hydrogen-bond acceptors (Lipinski definition) is 4. The van der Waals surface area contributed by atoms with Gasteiger partial charge in [-0.15, -0.1) is 0 Å². The molecule has 0 radical (unpaired) electrons. The molecule has 0 unspecified atom stereocenters. The van der Waals surface area contributed by atoms with Gasteiger partial charge in [-0.05, 0) is 35.9 Å². The minimum Gasteiger partial charge on any atom is -0.497 e. The van der Waals surface area contributed by atoms with Gasteiger partial charge >= 0.3 is 0 Å². The Morgan fingerprint density at radius 1 is 1.08 bits per heavy atom. The van der Waals surface area contributed by atoms with Crippen LogP contribution in [0, 0.1) is 0 Å². The van der Waals surface area contributed by atoms with Crippen LogP contribution in [0.15, 0.2) is 65.6 Å². The second-order valence-electron chi connectivity index (χ2n) is 5.83. The molecule has 5 nitrogen and oxygen atoms in total. The smallest absolute Gasteiger partial charge is 0.246 e. The largest absolute Gasteiger partial charge is 0.497 e. The van der Waals surface area contributed by atoms with Gasteiger partial charge < -0.3 is 9.64 Å². The lowest BCUT2D eigenvalue weighted by molar-refractivity contribution is -0.128. The number of benzene rings is 2. The van der Waals surface area contributed by atoms with E-state index >= 15 is 0 Å². The van der Waals surface area contributed by atoms with Crippen LogP contribution in [0.2, 0.25) is 0 Å². The van der Waals surface area contributed by atoms with Gasteiger partial charge in [0.05, 0.1) is 12.0 Å². The first kappa shape index (κ1) is 17.2. The molecule has 1 aliphatic heterocycles. The molecule has 0 aromatic heterocycles. The zero-order valence-corrected chi connectivity index (χ0v) is 14.6. The SMILES string of the molecule is COc1ccc(S(=O)(=O)C2CN(C(=O)C=Cc3ccccc3)C2)cc1. The number of nitrogens with zero attached hydrogens (tertiary/aromatic N) is 1. The van der Waals surface area contributed by atoms with Gasteiger partial charge in [-0.25, -0.2) is 8.42 Å². The van der Waals surface area contributed by atoms with E-state index in [1.165, 1.54) is 30.2 Å². The van der Waals surface area contributed by atoms with Crippen molar-refractivity contribution in [3.63, 3.8) is 0 Å². The monoisotopic (exact) mass is 357 g/mol. The number of rotatable bonds is 5. The highest BCUT2D eigenvalue weighted by atomic mass is 32.2. The van der Waals surface area contributed by atoms with Crippen LogP contribution in [0.3, 0.4) is 0 Å². The van der Waals surface area contributed by atoms with E-state index in [0.29, 0.717) is 5.75 Å². The van der Waals surface area contributed by atoms with E-state index < -0.39 is 15.1 Å². The second-order valence-corrected chi connectivity index (χ2v) is 8.06. The third kappa shape index (κ3) is 3.74. The lowest BCUT2D eigenvalue weighted by atomic mass is 10.2. The van der Waals surface area contributed by atoms with Crippen molar-refractivity contribution in [2.24, 2.45) is 0 Å². The summed E-state index contributed by atoms with van der Waals surface area (Å²) >= 11 is 0. The fourth-order valence-electron chi connectivity index (χ4n) is 2.61. The van der Waals surface area contributed by atoms with Crippen LogP contribution in [0.25, 0.3) is 6.08 Å². The van der Waals surface area contributed by atoms with Gasteiger partial charge in [0.25, 0.3) is 0 Å². The van der Waals surface area contributed by atoms with E-state index in [1.54, 1.807) is 18.2 Å². The van der Waals surface area contributed by atoms with E-state index in [-0.39, 0.29) is 23.9 Å². The van der Waals surface area contributed by atoms with Gasteiger partial charge in [0, 0.05) is 19.2 Å². The highest BCUT2D eigenvalue weighted by Crippen LogP contribution is 2.25. The Morgan fingerprint density at radius 2 is 1.72 bits per heavy atom. The molecular formula is C19H19NO4S. The minimum atomic E-state index is -3.43. The summed E-state index contributed by atoms with van der Waals surface area (Å²) in [6.07, 6.45) is 3.21. The van der Waals surface area contributed by atoms with Crippen LogP contribution in [-0.2, 0) is 14.6 Å². The maximum Gasteiger partial charge on any atom is 0.246 e. The molecule has 6 heteroatoms. The van der Waals surface area contributed by atoms with Crippen LogP contribution in [0.4, 0.5) is 0 Å². The first-order chi connectivity index (χ1) is 12.0. The lowest BCUT2D eigenvalue weighted by Gasteiger charge is -2.38. The zero-order chi connectivity index (χ0) is 17.9. The summed E-state index contributed by atoms with van der Waals surface area (Å²) in [5.74, 6) is 0.431. The van der Waals surface area contributed by atoms with Crippen molar-refractivity contribution in [2.75, 3.05) is 20.2 Å². The van der Waals surface area contributed by atoms with Crippen LogP contribution in [-0.4, -0.2) is 44.7 Å². The van der Waals surface area contributed by atoms with Gasteiger partial charge in [-0.1, -0.05) is 30.3 Å². The Balaban J connectivity index is 1.61. The topological polar surface area (TPSA) is 63.7 Å². The van der Waals surface area contributed by atoms with Crippen LogP contribution < -0.4 is 4.74 Å². The molecule has 3 rings (SSSR count). The molecule has 1 aliphatic rings. The summed E-state index contributed by atoms with van der Waals surface area (Å²) in [6.45, 7) is 0.429. The Kier molecular flexibility index (Phi) is 4.90. The predicted molar refractivity (Wildman–Crippen MR) is 96.0 cm³/mol.